The van der Waals surface area contributed by atoms with E-state index in [0.717, 1.165) is 18.8 Å². The maximum Gasteiger partial charge on any atom is 0.317 e. The number of carbonyl (C=O) groups excluding carboxylic acids is 1. The highest BCUT2D eigenvalue weighted by Gasteiger charge is 2.26. The van der Waals surface area contributed by atoms with E-state index < -0.39 is 0 Å². The van der Waals surface area contributed by atoms with Crippen LogP contribution in [0.5, 0.6) is 5.75 Å². The summed E-state index contributed by atoms with van der Waals surface area (Å²) in [6, 6.07) is 3.66. The summed E-state index contributed by atoms with van der Waals surface area (Å²) in [6.07, 6.45) is 3.37. The number of nitrogens with zero attached hydrogens (tertiary/aromatic N) is 2. The number of nitrogens with one attached hydrogen (secondary N) is 2. The minimum atomic E-state index is -0.0590. The van der Waals surface area contributed by atoms with E-state index in [0.29, 0.717) is 13.2 Å². The lowest BCUT2D eigenvalue weighted by Gasteiger charge is -2.35. The summed E-state index contributed by atoms with van der Waals surface area (Å²) in [5.74, 6) is 0.722. The maximum atomic E-state index is 11.7. The second kappa shape index (κ2) is 6.20. The summed E-state index contributed by atoms with van der Waals surface area (Å²) >= 11 is 0. The summed E-state index contributed by atoms with van der Waals surface area (Å²) in [5, 5.41) is 5.92. The number of hydrogen-bond acceptors (Lipinski definition) is 4. The van der Waals surface area contributed by atoms with E-state index in [1.807, 2.05) is 12.1 Å². The summed E-state index contributed by atoms with van der Waals surface area (Å²) in [5.41, 5.74) is 0. The molecule has 2 N–H and O–H groups in total. The molecule has 1 atom stereocenters. The SMILES string of the molecule is CNC(=O)N1CCNCC1COc1cccnc1. The summed E-state index contributed by atoms with van der Waals surface area (Å²) in [6.45, 7) is 2.72. The highest BCUT2D eigenvalue weighted by Crippen LogP contribution is 2.10. The number of amides is 2. The van der Waals surface area contributed by atoms with Crippen LogP contribution in [0.4, 0.5) is 4.79 Å². The van der Waals surface area contributed by atoms with Crippen molar-refractivity contribution in [2.45, 2.75) is 6.04 Å². The first-order chi connectivity index (χ1) is 8.81. The average Bonchev–Trinajstić information content (AvgIpc) is 2.45. The number of carbonyl (C=O) groups is 1. The van der Waals surface area contributed by atoms with Crippen LogP contribution in [0.15, 0.2) is 24.5 Å². The zero-order valence-corrected chi connectivity index (χ0v) is 10.4. The lowest BCUT2D eigenvalue weighted by molar-refractivity contribution is 0.125. The van der Waals surface area contributed by atoms with Gasteiger partial charge in [0.15, 0.2) is 0 Å². The highest BCUT2D eigenvalue weighted by molar-refractivity contribution is 5.74. The quantitative estimate of drug-likeness (QED) is 0.797. The van der Waals surface area contributed by atoms with Crippen molar-refractivity contribution in [1.29, 1.82) is 0 Å². The Labute approximate surface area is 106 Å². The first-order valence-electron chi connectivity index (χ1n) is 6.03. The van der Waals surface area contributed by atoms with Gasteiger partial charge in [-0.25, -0.2) is 4.79 Å². The average molecular weight is 250 g/mol. The molecule has 98 valence electrons. The Bertz CT molecular complexity index is 385. The van der Waals surface area contributed by atoms with E-state index in [1.165, 1.54) is 0 Å². The Morgan fingerprint density at radius 3 is 3.33 bits per heavy atom. The van der Waals surface area contributed by atoms with Gasteiger partial charge in [0.2, 0.25) is 0 Å². The minimum absolute atomic E-state index is 0.0407. The van der Waals surface area contributed by atoms with Crippen LogP contribution in [0.2, 0.25) is 0 Å². The molecule has 2 rings (SSSR count). The van der Waals surface area contributed by atoms with Gasteiger partial charge >= 0.3 is 6.03 Å². The van der Waals surface area contributed by atoms with Crippen molar-refractivity contribution in [3.63, 3.8) is 0 Å². The normalized spacial score (nSPS) is 19.4. The predicted molar refractivity (Wildman–Crippen MR) is 67.6 cm³/mol. The topological polar surface area (TPSA) is 66.5 Å². The van der Waals surface area contributed by atoms with Crippen LogP contribution >= 0.6 is 0 Å². The molecule has 1 aromatic rings. The van der Waals surface area contributed by atoms with Crippen LogP contribution in [-0.2, 0) is 0 Å². The molecule has 1 saturated heterocycles. The van der Waals surface area contributed by atoms with Gasteiger partial charge in [0, 0.05) is 32.9 Å². The summed E-state index contributed by atoms with van der Waals surface area (Å²) in [4.78, 5) is 17.5. The predicted octanol–water partition coefficient (Wildman–Crippen LogP) is 0.0736. The molecular formula is C12H18N4O2. The molecule has 0 radical (unpaired) electrons. The second-order valence-corrected chi connectivity index (χ2v) is 4.11. The highest BCUT2D eigenvalue weighted by atomic mass is 16.5. The number of ether oxygens (including phenoxy) is 1. The monoisotopic (exact) mass is 250 g/mol. The zero-order valence-electron chi connectivity index (χ0n) is 10.4. The van der Waals surface area contributed by atoms with Crippen molar-refractivity contribution in [1.82, 2.24) is 20.5 Å². The molecular weight excluding hydrogens is 232 g/mol. The summed E-state index contributed by atoms with van der Waals surface area (Å²) < 4.78 is 5.65. The van der Waals surface area contributed by atoms with E-state index in [4.69, 9.17) is 4.74 Å². The van der Waals surface area contributed by atoms with Gasteiger partial charge in [-0.2, -0.15) is 0 Å². The molecule has 1 unspecified atom stereocenters. The van der Waals surface area contributed by atoms with Crippen LogP contribution in [0.1, 0.15) is 0 Å². The third kappa shape index (κ3) is 3.10. The molecule has 1 fully saturated rings. The van der Waals surface area contributed by atoms with Crippen LogP contribution in [0.25, 0.3) is 0 Å². The number of rotatable bonds is 3. The maximum absolute atomic E-state index is 11.7. The zero-order chi connectivity index (χ0) is 12.8. The first kappa shape index (κ1) is 12.6. The molecule has 18 heavy (non-hydrogen) atoms. The van der Waals surface area contributed by atoms with E-state index in [9.17, 15) is 4.79 Å². The van der Waals surface area contributed by atoms with Crippen molar-refractivity contribution in [3.05, 3.63) is 24.5 Å². The molecule has 0 saturated carbocycles. The van der Waals surface area contributed by atoms with Crippen LogP contribution in [0, 0.1) is 0 Å². The number of urea groups is 1. The van der Waals surface area contributed by atoms with Gasteiger partial charge in [0.1, 0.15) is 12.4 Å². The van der Waals surface area contributed by atoms with Crippen molar-refractivity contribution >= 4 is 6.03 Å². The molecule has 1 aliphatic rings. The molecule has 1 aliphatic heterocycles. The van der Waals surface area contributed by atoms with E-state index in [-0.39, 0.29) is 12.1 Å². The third-order valence-corrected chi connectivity index (χ3v) is 2.90. The Hall–Kier alpha value is -1.82. The van der Waals surface area contributed by atoms with Crippen LogP contribution in [-0.4, -0.2) is 55.2 Å². The Balaban J connectivity index is 1.91. The van der Waals surface area contributed by atoms with Gasteiger partial charge < -0.3 is 20.3 Å². The molecule has 6 heteroatoms. The molecule has 2 amide bonds. The van der Waals surface area contributed by atoms with Gasteiger partial charge in [-0.1, -0.05) is 0 Å². The van der Waals surface area contributed by atoms with Gasteiger partial charge in [0.25, 0.3) is 0 Å². The van der Waals surface area contributed by atoms with Crippen molar-refractivity contribution < 1.29 is 9.53 Å². The Morgan fingerprint density at radius 2 is 2.61 bits per heavy atom. The molecule has 0 aromatic carbocycles. The fourth-order valence-corrected chi connectivity index (χ4v) is 1.95. The van der Waals surface area contributed by atoms with E-state index in [2.05, 4.69) is 15.6 Å². The third-order valence-electron chi connectivity index (χ3n) is 2.90. The van der Waals surface area contributed by atoms with Gasteiger partial charge in [-0.15, -0.1) is 0 Å². The lowest BCUT2D eigenvalue weighted by atomic mass is 10.2. The Kier molecular flexibility index (Phi) is 4.35. The molecule has 6 nitrogen and oxygen atoms in total. The largest absolute Gasteiger partial charge is 0.490 e. The smallest absolute Gasteiger partial charge is 0.317 e. The van der Waals surface area contributed by atoms with Crippen molar-refractivity contribution in [2.75, 3.05) is 33.3 Å². The fourth-order valence-electron chi connectivity index (χ4n) is 1.95. The van der Waals surface area contributed by atoms with Crippen LogP contribution < -0.4 is 15.4 Å². The first-order valence-corrected chi connectivity index (χ1v) is 6.03. The van der Waals surface area contributed by atoms with E-state index in [1.54, 1.807) is 24.3 Å². The van der Waals surface area contributed by atoms with Crippen molar-refractivity contribution in [2.24, 2.45) is 0 Å². The standard InChI is InChI=1S/C12H18N4O2/c1-13-12(17)16-6-5-15-7-10(16)9-18-11-3-2-4-14-8-11/h2-4,8,10,15H,5-7,9H2,1H3,(H,13,17). The van der Waals surface area contributed by atoms with Gasteiger partial charge in [-0.05, 0) is 12.1 Å². The molecule has 1 aromatic heterocycles. The molecule has 0 bridgehead atoms. The number of hydrogen-bond donors (Lipinski definition) is 2. The van der Waals surface area contributed by atoms with Crippen molar-refractivity contribution in [3.8, 4) is 5.75 Å². The minimum Gasteiger partial charge on any atom is -0.490 e. The second-order valence-electron chi connectivity index (χ2n) is 4.11. The molecule has 0 spiro atoms. The number of pyridine rings is 1. The Morgan fingerprint density at radius 1 is 1.72 bits per heavy atom. The summed E-state index contributed by atoms with van der Waals surface area (Å²) in [7, 11) is 1.64. The fraction of sp³-hybridized carbons (Fsp3) is 0.500. The molecule has 0 aliphatic carbocycles. The van der Waals surface area contributed by atoms with Crippen LogP contribution in [0.3, 0.4) is 0 Å². The number of piperazine rings is 1. The number of aromatic nitrogens is 1. The van der Waals surface area contributed by atoms with E-state index >= 15 is 0 Å². The molecule has 2 heterocycles. The lowest BCUT2D eigenvalue weighted by Crippen LogP contribution is -2.57. The van der Waals surface area contributed by atoms with Gasteiger partial charge in [-0.3, -0.25) is 4.98 Å². The van der Waals surface area contributed by atoms with Gasteiger partial charge in [0.05, 0.1) is 12.2 Å².